The Bertz CT molecular complexity index is 1240. The second kappa shape index (κ2) is 7.10. The van der Waals surface area contributed by atoms with Gasteiger partial charge in [0.15, 0.2) is 10.9 Å². The molecule has 0 saturated carbocycles. The number of aryl methyl sites for hydroxylation is 1. The van der Waals surface area contributed by atoms with Gasteiger partial charge in [-0.15, -0.1) is 0 Å². The molecule has 0 aromatic carbocycles. The summed E-state index contributed by atoms with van der Waals surface area (Å²) < 4.78 is 7.62. The van der Waals surface area contributed by atoms with E-state index in [2.05, 4.69) is 15.3 Å². The van der Waals surface area contributed by atoms with E-state index in [1.165, 1.54) is 18.3 Å². The topological polar surface area (TPSA) is 89.1 Å². The van der Waals surface area contributed by atoms with Crippen LogP contribution in [0.15, 0.2) is 41.1 Å². The zero-order valence-electron chi connectivity index (χ0n) is 16.8. The van der Waals surface area contributed by atoms with Crippen LogP contribution in [0.1, 0.15) is 18.2 Å². The van der Waals surface area contributed by atoms with Crippen molar-refractivity contribution in [2.75, 3.05) is 24.3 Å². The second-order valence-corrected chi connectivity index (χ2v) is 8.31. The minimum Gasteiger partial charge on any atom is -0.463 e. The van der Waals surface area contributed by atoms with Crippen molar-refractivity contribution in [3.63, 3.8) is 0 Å². The average Bonchev–Trinajstić information content (AvgIpc) is 3.44. The Labute approximate surface area is 177 Å². The number of rotatable bonds is 4. The van der Waals surface area contributed by atoms with Gasteiger partial charge >= 0.3 is 0 Å². The van der Waals surface area contributed by atoms with Crippen LogP contribution in [0.3, 0.4) is 0 Å². The van der Waals surface area contributed by atoms with Crippen LogP contribution in [0.2, 0.25) is 0 Å². The van der Waals surface area contributed by atoms with E-state index in [0.717, 1.165) is 57.6 Å². The Morgan fingerprint density at radius 3 is 2.90 bits per heavy atom. The number of anilines is 2. The van der Waals surface area contributed by atoms with Crippen LogP contribution in [0, 0.1) is 0 Å². The summed E-state index contributed by atoms with van der Waals surface area (Å²) in [5.74, 6) is 1.45. The summed E-state index contributed by atoms with van der Waals surface area (Å²) in [6.45, 7) is 1.49. The quantitative estimate of drug-likeness (QED) is 0.541. The average molecular weight is 420 g/mol. The molecule has 4 heterocycles. The molecule has 1 aliphatic rings. The van der Waals surface area contributed by atoms with Crippen LogP contribution in [0.4, 0.5) is 10.9 Å². The Balaban J connectivity index is 1.73. The van der Waals surface area contributed by atoms with Gasteiger partial charge < -0.3 is 14.6 Å². The van der Waals surface area contributed by atoms with Gasteiger partial charge in [0.05, 0.1) is 28.2 Å². The van der Waals surface area contributed by atoms with Crippen molar-refractivity contribution in [2.24, 2.45) is 0 Å². The molecule has 0 unspecified atom stereocenters. The number of nitrogens with zero attached hydrogens (tertiary/aromatic N) is 5. The van der Waals surface area contributed by atoms with Crippen LogP contribution < -0.4 is 10.2 Å². The number of hydrogen-bond acceptors (Lipinski definition) is 7. The molecule has 152 valence electrons. The number of pyridine rings is 1. The lowest BCUT2D eigenvalue weighted by molar-refractivity contribution is -0.114. The zero-order chi connectivity index (χ0) is 20.8. The van der Waals surface area contributed by atoms with Crippen LogP contribution in [0.25, 0.3) is 27.7 Å². The van der Waals surface area contributed by atoms with Gasteiger partial charge in [0.25, 0.3) is 0 Å². The van der Waals surface area contributed by atoms with Crippen molar-refractivity contribution in [1.82, 2.24) is 19.7 Å². The summed E-state index contributed by atoms with van der Waals surface area (Å²) in [7, 11) is 3.92. The Hall–Kier alpha value is -3.46. The largest absolute Gasteiger partial charge is 0.463 e. The maximum Gasteiger partial charge on any atom is 0.223 e. The zero-order valence-corrected chi connectivity index (χ0v) is 17.7. The number of carbonyl (C=O) groups is 1. The lowest BCUT2D eigenvalue weighted by Crippen LogP contribution is -2.12. The Morgan fingerprint density at radius 1 is 1.30 bits per heavy atom. The first-order chi connectivity index (χ1) is 14.5. The van der Waals surface area contributed by atoms with E-state index >= 15 is 0 Å². The van der Waals surface area contributed by atoms with Crippen molar-refractivity contribution >= 4 is 28.2 Å². The minimum absolute atomic E-state index is 0.129. The first-order valence-corrected chi connectivity index (χ1v) is 10.4. The van der Waals surface area contributed by atoms with Gasteiger partial charge in [-0.25, -0.2) is 14.6 Å². The number of carbonyl (C=O) groups excluding carboxylic acids is 1. The van der Waals surface area contributed by atoms with E-state index in [1.807, 2.05) is 47.9 Å². The number of fused-ring (bicyclic) bond motifs is 3. The number of nitrogens with one attached hydrogen (secondary N) is 1. The first kappa shape index (κ1) is 18.6. The van der Waals surface area contributed by atoms with Gasteiger partial charge in [-0.05, 0) is 31.0 Å². The molecule has 0 saturated heterocycles. The molecule has 1 amide bonds. The van der Waals surface area contributed by atoms with Gasteiger partial charge in [-0.3, -0.25) is 4.79 Å². The maximum absolute atomic E-state index is 11.5. The fourth-order valence-corrected chi connectivity index (χ4v) is 4.77. The smallest absolute Gasteiger partial charge is 0.223 e. The van der Waals surface area contributed by atoms with Gasteiger partial charge in [0.2, 0.25) is 5.91 Å². The van der Waals surface area contributed by atoms with Crippen LogP contribution in [-0.2, 0) is 17.6 Å². The van der Waals surface area contributed by atoms with Gasteiger partial charge in [0.1, 0.15) is 11.5 Å². The summed E-state index contributed by atoms with van der Waals surface area (Å²) in [5.41, 5.74) is 4.83. The standard InChI is InChI=1S/C21H20N6O2S/c1-12(28)23-21-24-15-7-6-14-18(16-5-4-10-29-16)25-27(19(14)20(15)30-21)13-8-9-22-17(11-13)26(2)3/h4-5,8-11H,6-7H2,1-3H3,(H,23,24,28). The highest BCUT2D eigenvalue weighted by Crippen LogP contribution is 2.44. The number of thiazole rings is 1. The Kier molecular flexibility index (Phi) is 4.39. The molecule has 4 aromatic rings. The third kappa shape index (κ3) is 3.07. The van der Waals surface area contributed by atoms with E-state index in [-0.39, 0.29) is 5.91 Å². The van der Waals surface area contributed by atoms with Crippen LogP contribution >= 0.6 is 11.3 Å². The van der Waals surface area contributed by atoms with Gasteiger partial charge in [-0.1, -0.05) is 11.3 Å². The fraction of sp³-hybridized carbons (Fsp3) is 0.238. The predicted octanol–water partition coefficient (Wildman–Crippen LogP) is 3.77. The SMILES string of the molecule is CC(=O)Nc1nc2c(s1)-c1c(c(-c3ccco3)nn1-c1ccnc(N(C)C)c1)CC2. The molecule has 0 bridgehead atoms. The summed E-state index contributed by atoms with van der Waals surface area (Å²) >= 11 is 1.48. The molecule has 1 N–H and O–H groups in total. The molecular formula is C21H20N6O2S. The van der Waals surface area contributed by atoms with Gasteiger partial charge in [-0.2, -0.15) is 5.10 Å². The molecular weight excluding hydrogens is 400 g/mol. The third-order valence-corrected chi connectivity index (χ3v) is 6.00. The van der Waals surface area contributed by atoms with Crippen molar-refractivity contribution < 1.29 is 9.21 Å². The first-order valence-electron chi connectivity index (χ1n) is 9.58. The van der Waals surface area contributed by atoms with Crippen molar-refractivity contribution in [3.8, 4) is 27.7 Å². The molecule has 30 heavy (non-hydrogen) atoms. The monoisotopic (exact) mass is 420 g/mol. The molecule has 4 aromatic heterocycles. The number of amides is 1. The minimum atomic E-state index is -0.129. The fourth-order valence-electron chi connectivity index (χ4n) is 3.66. The third-order valence-electron chi connectivity index (χ3n) is 4.98. The van der Waals surface area contributed by atoms with Gasteiger partial charge in [0, 0.05) is 38.8 Å². The van der Waals surface area contributed by atoms with Crippen LogP contribution in [0.5, 0.6) is 0 Å². The highest BCUT2D eigenvalue weighted by atomic mass is 32.1. The summed E-state index contributed by atoms with van der Waals surface area (Å²) in [6.07, 6.45) is 5.03. The second-order valence-electron chi connectivity index (χ2n) is 7.31. The number of aromatic nitrogens is 4. The Morgan fingerprint density at radius 2 is 2.17 bits per heavy atom. The van der Waals surface area contributed by atoms with E-state index in [1.54, 1.807) is 12.5 Å². The summed E-state index contributed by atoms with van der Waals surface area (Å²) in [6, 6.07) is 7.74. The molecule has 9 heteroatoms. The normalized spacial score (nSPS) is 12.4. The summed E-state index contributed by atoms with van der Waals surface area (Å²) in [4.78, 5) is 23.6. The lowest BCUT2D eigenvalue weighted by Gasteiger charge is -2.15. The highest BCUT2D eigenvalue weighted by Gasteiger charge is 2.30. The molecule has 8 nitrogen and oxygen atoms in total. The van der Waals surface area contributed by atoms with E-state index in [0.29, 0.717) is 5.13 Å². The van der Waals surface area contributed by atoms with E-state index in [9.17, 15) is 4.79 Å². The molecule has 0 atom stereocenters. The summed E-state index contributed by atoms with van der Waals surface area (Å²) in [5, 5.41) is 8.36. The maximum atomic E-state index is 11.5. The van der Waals surface area contributed by atoms with Crippen molar-refractivity contribution in [1.29, 1.82) is 0 Å². The van der Waals surface area contributed by atoms with E-state index in [4.69, 9.17) is 9.52 Å². The molecule has 0 fully saturated rings. The predicted molar refractivity (Wildman–Crippen MR) is 116 cm³/mol. The molecule has 0 spiro atoms. The molecule has 1 aliphatic carbocycles. The highest BCUT2D eigenvalue weighted by molar-refractivity contribution is 7.19. The van der Waals surface area contributed by atoms with E-state index < -0.39 is 0 Å². The molecule has 5 rings (SSSR count). The van der Waals surface area contributed by atoms with Crippen molar-refractivity contribution in [2.45, 2.75) is 19.8 Å². The number of furan rings is 1. The van der Waals surface area contributed by atoms with Crippen LogP contribution in [-0.4, -0.2) is 39.8 Å². The lowest BCUT2D eigenvalue weighted by atomic mass is 9.97. The van der Waals surface area contributed by atoms with Crippen molar-refractivity contribution in [3.05, 3.63) is 48.0 Å². The molecule has 0 radical (unpaired) electrons. The number of hydrogen-bond donors (Lipinski definition) is 1. The molecule has 0 aliphatic heterocycles.